The average molecular weight is 418 g/mol. The van der Waals surface area contributed by atoms with Crippen LogP contribution in [0.3, 0.4) is 0 Å². The van der Waals surface area contributed by atoms with Crippen molar-refractivity contribution < 1.29 is 18.3 Å². The maximum Gasteiger partial charge on any atom is 0.234 e. The van der Waals surface area contributed by atoms with Crippen molar-refractivity contribution in [1.29, 1.82) is 0 Å². The fraction of sp³-hybridized carbons (Fsp3) is 0.250. The lowest BCUT2D eigenvalue weighted by atomic mass is 10.2. The Morgan fingerprint density at radius 2 is 1.90 bits per heavy atom. The second-order valence-corrected chi connectivity index (χ2v) is 7.15. The molecule has 0 fully saturated rings. The summed E-state index contributed by atoms with van der Waals surface area (Å²) in [4.78, 5) is 12.1. The molecule has 1 heterocycles. The van der Waals surface area contributed by atoms with Gasteiger partial charge < -0.3 is 14.6 Å². The molecular weight excluding hydrogens is 398 g/mol. The number of ether oxygens (including phenoxy) is 1. The molecule has 0 saturated carbocycles. The number of hydrogen-bond acceptors (Lipinski definition) is 5. The second-order valence-electron chi connectivity index (χ2n) is 6.21. The Morgan fingerprint density at radius 3 is 2.59 bits per heavy atom. The number of nitrogens with zero attached hydrogens (tertiary/aromatic N) is 3. The number of amides is 1. The van der Waals surface area contributed by atoms with Crippen LogP contribution in [-0.2, 0) is 17.9 Å². The minimum Gasteiger partial charge on any atom is -0.486 e. The summed E-state index contributed by atoms with van der Waals surface area (Å²) in [7, 11) is 0. The topological polar surface area (TPSA) is 69.0 Å². The minimum atomic E-state index is -1.01. The van der Waals surface area contributed by atoms with E-state index in [1.807, 2.05) is 42.7 Å². The summed E-state index contributed by atoms with van der Waals surface area (Å²) in [6, 6.07) is 10.9. The molecular formula is C20H20F2N4O2S. The van der Waals surface area contributed by atoms with Gasteiger partial charge in [0.15, 0.2) is 22.6 Å². The van der Waals surface area contributed by atoms with Gasteiger partial charge in [-0.2, -0.15) is 0 Å². The molecule has 2 aromatic carbocycles. The standard InChI is InChI=1S/C20H20F2N4O2S/c1-3-26-18(11-28-15-7-4-13(2)5-8-15)24-25-20(26)29-12-19(27)23-14-6-9-16(21)17(22)10-14/h4-10H,3,11-12H2,1-2H3,(H,23,27). The van der Waals surface area contributed by atoms with Gasteiger partial charge in [0.1, 0.15) is 12.4 Å². The molecule has 152 valence electrons. The number of thioether (sulfide) groups is 1. The third-order valence-electron chi connectivity index (χ3n) is 4.03. The highest BCUT2D eigenvalue weighted by molar-refractivity contribution is 7.99. The Bertz CT molecular complexity index is 993. The van der Waals surface area contributed by atoms with Gasteiger partial charge >= 0.3 is 0 Å². The Balaban J connectivity index is 1.57. The van der Waals surface area contributed by atoms with Crippen LogP contribution in [-0.4, -0.2) is 26.4 Å². The van der Waals surface area contributed by atoms with E-state index in [0.717, 1.165) is 23.4 Å². The zero-order valence-electron chi connectivity index (χ0n) is 16.0. The predicted molar refractivity (Wildman–Crippen MR) is 107 cm³/mol. The van der Waals surface area contributed by atoms with Gasteiger partial charge in [-0.25, -0.2) is 8.78 Å². The van der Waals surface area contributed by atoms with Gasteiger partial charge in [-0.15, -0.1) is 10.2 Å². The first-order valence-corrected chi connectivity index (χ1v) is 9.94. The van der Waals surface area contributed by atoms with Gasteiger partial charge in [-0.1, -0.05) is 29.5 Å². The van der Waals surface area contributed by atoms with Crippen LogP contribution < -0.4 is 10.1 Å². The lowest BCUT2D eigenvalue weighted by Crippen LogP contribution is -2.15. The molecule has 0 spiro atoms. The summed E-state index contributed by atoms with van der Waals surface area (Å²) in [6.07, 6.45) is 0. The predicted octanol–water partition coefficient (Wildman–Crippen LogP) is 4.19. The van der Waals surface area contributed by atoms with E-state index >= 15 is 0 Å². The Hall–Kier alpha value is -2.94. The van der Waals surface area contributed by atoms with Crippen LogP contribution in [0.25, 0.3) is 0 Å². The van der Waals surface area contributed by atoms with Crippen molar-refractivity contribution >= 4 is 23.4 Å². The van der Waals surface area contributed by atoms with Crippen LogP contribution in [0.2, 0.25) is 0 Å². The fourth-order valence-electron chi connectivity index (χ4n) is 2.53. The van der Waals surface area contributed by atoms with Crippen LogP contribution in [0.1, 0.15) is 18.3 Å². The number of aromatic nitrogens is 3. The average Bonchev–Trinajstić information content (AvgIpc) is 3.10. The van der Waals surface area contributed by atoms with Crippen molar-refractivity contribution in [2.75, 3.05) is 11.1 Å². The monoisotopic (exact) mass is 418 g/mol. The summed E-state index contributed by atoms with van der Waals surface area (Å²) in [5, 5.41) is 11.4. The van der Waals surface area contributed by atoms with Gasteiger partial charge in [0.05, 0.1) is 5.75 Å². The maximum atomic E-state index is 13.2. The number of nitrogens with one attached hydrogen (secondary N) is 1. The number of anilines is 1. The number of benzene rings is 2. The van der Waals surface area contributed by atoms with Crippen LogP contribution >= 0.6 is 11.8 Å². The van der Waals surface area contributed by atoms with Gasteiger partial charge in [0.2, 0.25) is 5.91 Å². The summed E-state index contributed by atoms with van der Waals surface area (Å²) < 4.78 is 33.8. The Kier molecular flexibility index (Phi) is 6.82. The summed E-state index contributed by atoms with van der Waals surface area (Å²) in [5.74, 6) is -0.897. The third kappa shape index (κ3) is 5.54. The number of carbonyl (C=O) groups excluding carboxylic acids is 1. The molecule has 0 bridgehead atoms. The maximum absolute atomic E-state index is 13.2. The fourth-order valence-corrected chi connectivity index (χ4v) is 3.35. The first kappa shape index (κ1) is 20.8. The number of halogens is 2. The molecule has 1 N–H and O–H groups in total. The van der Waals surface area contributed by atoms with Crippen molar-refractivity contribution in [2.24, 2.45) is 0 Å². The molecule has 0 aliphatic carbocycles. The first-order chi connectivity index (χ1) is 14.0. The van der Waals surface area contributed by atoms with E-state index in [1.54, 1.807) is 0 Å². The van der Waals surface area contributed by atoms with E-state index in [9.17, 15) is 13.6 Å². The molecule has 29 heavy (non-hydrogen) atoms. The lowest BCUT2D eigenvalue weighted by Gasteiger charge is -2.09. The van der Waals surface area contributed by atoms with Crippen LogP contribution in [0, 0.1) is 18.6 Å². The van der Waals surface area contributed by atoms with Crippen LogP contribution in [0.4, 0.5) is 14.5 Å². The van der Waals surface area contributed by atoms with Gasteiger partial charge in [0, 0.05) is 18.3 Å². The number of hydrogen-bond donors (Lipinski definition) is 1. The number of aryl methyl sites for hydroxylation is 1. The molecule has 6 nitrogen and oxygen atoms in total. The molecule has 1 amide bonds. The van der Waals surface area contributed by atoms with Crippen molar-refractivity contribution in [3.63, 3.8) is 0 Å². The van der Waals surface area contributed by atoms with Gasteiger partial charge in [-0.05, 0) is 38.1 Å². The molecule has 0 saturated heterocycles. The van der Waals surface area contributed by atoms with E-state index in [1.165, 1.54) is 17.8 Å². The molecule has 3 rings (SSSR count). The molecule has 1 aromatic heterocycles. The molecule has 0 aliphatic rings. The van der Waals surface area contributed by atoms with Crippen molar-refractivity contribution in [3.8, 4) is 5.75 Å². The van der Waals surface area contributed by atoms with Crippen molar-refractivity contribution in [3.05, 3.63) is 65.5 Å². The summed E-state index contributed by atoms with van der Waals surface area (Å²) in [5.41, 5.74) is 1.34. The van der Waals surface area contributed by atoms with Gasteiger partial charge in [0.25, 0.3) is 0 Å². The third-order valence-corrected chi connectivity index (χ3v) is 5.00. The summed E-state index contributed by atoms with van der Waals surface area (Å²) >= 11 is 1.20. The zero-order chi connectivity index (χ0) is 20.8. The highest BCUT2D eigenvalue weighted by atomic mass is 32.2. The van der Waals surface area contributed by atoms with Crippen LogP contribution in [0.15, 0.2) is 47.6 Å². The number of carbonyl (C=O) groups is 1. The van der Waals surface area contributed by atoms with E-state index in [-0.39, 0.29) is 24.0 Å². The molecule has 0 atom stereocenters. The Labute approximate surface area is 171 Å². The largest absolute Gasteiger partial charge is 0.486 e. The van der Waals surface area contributed by atoms with Crippen molar-refractivity contribution in [2.45, 2.75) is 32.2 Å². The quantitative estimate of drug-likeness (QED) is 0.556. The number of rotatable bonds is 8. The van der Waals surface area contributed by atoms with E-state index in [0.29, 0.717) is 17.5 Å². The SMILES string of the molecule is CCn1c(COc2ccc(C)cc2)nnc1SCC(=O)Nc1ccc(F)c(F)c1. The van der Waals surface area contributed by atoms with Crippen molar-refractivity contribution in [1.82, 2.24) is 14.8 Å². The summed E-state index contributed by atoms with van der Waals surface area (Å²) in [6.45, 7) is 4.83. The molecule has 0 aliphatic heterocycles. The minimum absolute atomic E-state index is 0.0515. The zero-order valence-corrected chi connectivity index (χ0v) is 16.8. The molecule has 9 heteroatoms. The van der Waals surface area contributed by atoms with E-state index in [4.69, 9.17) is 4.74 Å². The van der Waals surface area contributed by atoms with Crippen LogP contribution in [0.5, 0.6) is 5.75 Å². The molecule has 0 radical (unpaired) electrons. The molecule has 3 aromatic rings. The molecule has 0 unspecified atom stereocenters. The highest BCUT2D eigenvalue weighted by Crippen LogP contribution is 2.20. The normalized spacial score (nSPS) is 10.8. The van der Waals surface area contributed by atoms with E-state index < -0.39 is 11.6 Å². The smallest absolute Gasteiger partial charge is 0.234 e. The van der Waals surface area contributed by atoms with E-state index in [2.05, 4.69) is 15.5 Å². The second kappa shape index (κ2) is 9.51. The van der Waals surface area contributed by atoms with Gasteiger partial charge in [-0.3, -0.25) is 4.79 Å². The highest BCUT2D eigenvalue weighted by Gasteiger charge is 2.14. The lowest BCUT2D eigenvalue weighted by molar-refractivity contribution is -0.113. The first-order valence-electron chi connectivity index (χ1n) is 8.95. The Morgan fingerprint density at radius 1 is 1.14 bits per heavy atom.